The van der Waals surface area contributed by atoms with E-state index in [4.69, 9.17) is 10.5 Å². The first kappa shape index (κ1) is 52.8. The summed E-state index contributed by atoms with van der Waals surface area (Å²) in [6, 6.07) is 48.9. The molecule has 0 amide bonds. The van der Waals surface area contributed by atoms with Gasteiger partial charge in [-0.25, -0.2) is 0 Å². The van der Waals surface area contributed by atoms with Crippen molar-refractivity contribution in [2.24, 2.45) is 0 Å². The van der Waals surface area contributed by atoms with Crippen molar-refractivity contribution >= 4 is 45.8 Å². The first-order valence-electron chi connectivity index (χ1n) is 17.0. The Hall–Kier alpha value is -0.187. The van der Waals surface area contributed by atoms with Gasteiger partial charge in [0.15, 0.2) is 0 Å². The third-order valence-electron chi connectivity index (χ3n) is 8.98. The number of hydrogen-bond donors (Lipinski definition) is 0. The number of ether oxygens (including phenoxy) is 1. The van der Waals surface area contributed by atoms with Gasteiger partial charge < -0.3 is 17.4 Å². The molecule has 0 heterocycles. The number of aryl methyl sites for hydroxylation is 4. The molecule has 0 aliphatic rings. The molecule has 0 saturated carbocycles. The molecule has 7 aromatic rings. The molecule has 2 atom stereocenters. The van der Waals surface area contributed by atoms with Crippen LogP contribution in [0.3, 0.4) is 0 Å². The van der Waals surface area contributed by atoms with Crippen molar-refractivity contribution in [3.63, 3.8) is 0 Å². The number of methoxy groups -OCH3 is 1. The normalized spacial score (nSPS) is 10.9. The van der Waals surface area contributed by atoms with Gasteiger partial charge in [0.2, 0.25) is 0 Å². The van der Waals surface area contributed by atoms with Crippen LogP contribution in [-0.4, -0.2) is 7.11 Å². The van der Waals surface area contributed by atoms with Gasteiger partial charge in [-0.05, 0) is 54.4 Å². The van der Waals surface area contributed by atoms with Crippen molar-refractivity contribution in [3.8, 4) is 16.9 Å². The molecule has 0 aliphatic heterocycles. The van der Waals surface area contributed by atoms with Crippen LogP contribution in [0.25, 0.3) is 38.4 Å². The fraction of sp³-hybridized carbons (Fsp3) is 0.149. The van der Waals surface area contributed by atoms with Gasteiger partial charge in [-0.3, -0.25) is 0 Å². The molecule has 0 aliphatic carbocycles. The fourth-order valence-electron chi connectivity index (χ4n) is 6.46. The molecule has 0 saturated heterocycles. The average Bonchev–Trinajstić information content (AvgIpc) is 3.16. The van der Waals surface area contributed by atoms with Gasteiger partial charge in [0, 0.05) is 113 Å². The number of nitrogens with one attached hydrogen (secondary N) is 1. The second kappa shape index (κ2) is 26.1. The summed E-state index contributed by atoms with van der Waals surface area (Å²) in [5.74, 6) is 0.794. The molecule has 293 valence electrons. The molecule has 7 aromatic carbocycles. The van der Waals surface area contributed by atoms with E-state index in [0.717, 1.165) is 28.0 Å². The first-order valence-corrected chi connectivity index (χ1v) is 19.8. The fourth-order valence-corrected chi connectivity index (χ4v) is 6.86. The Bertz CT molecular complexity index is 2100. The topological polar surface area (TPSA) is 33.0 Å². The summed E-state index contributed by atoms with van der Waals surface area (Å²) in [4.78, 5) is 0. The van der Waals surface area contributed by atoms with Crippen molar-refractivity contribution in [1.29, 1.82) is 0 Å². The van der Waals surface area contributed by atoms with E-state index in [1.165, 1.54) is 54.7 Å². The van der Waals surface area contributed by atoms with E-state index in [9.17, 15) is 0 Å². The molecule has 0 aromatic heterocycles. The summed E-state index contributed by atoms with van der Waals surface area (Å²) in [6.45, 7) is 16.6. The van der Waals surface area contributed by atoms with Gasteiger partial charge in [-0.2, -0.15) is 60.4 Å². The molecular weight excluding hydrogens is 882 g/mol. The van der Waals surface area contributed by atoms with Crippen LogP contribution < -0.4 is 10.0 Å². The Kier molecular flexibility index (Phi) is 25.1. The van der Waals surface area contributed by atoms with Gasteiger partial charge in [-0.15, -0.1) is 26.4 Å². The van der Waals surface area contributed by atoms with Gasteiger partial charge >= 0.3 is 27.0 Å². The Morgan fingerprint density at radius 3 is 1.64 bits per heavy atom. The van der Waals surface area contributed by atoms with Crippen LogP contribution in [0, 0.1) is 161 Å². The van der Waals surface area contributed by atoms with Crippen molar-refractivity contribution in [3.05, 3.63) is 198 Å². The summed E-state index contributed by atoms with van der Waals surface area (Å²) < 4.78 is 5.15. The zero-order valence-corrected chi connectivity index (χ0v) is 37.4. The molecule has 0 bridgehead atoms. The Morgan fingerprint density at radius 1 is 0.673 bits per heavy atom. The molecular formula is C47H46Ar3ClNOPRu-4. The van der Waals surface area contributed by atoms with Crippen LogP contribution in [0.5, 0.6) is 5.75 Å². The average molecular weight is 928 g/mol. The van der Waals surface area contributed by atoms with Crippen molar-refractivity contribution in [2.45, 2.75) is 39.7 Å². The summed E-state index contributed by atoms with van der Waals surface area (Å²) in [6.07, 6.45) is 0.457. The maximum absolute atomic E-state index is 8.71. The predicted octanol–water partition coefficient (Wildman–Crippen LogP) is 13.0. The minimum atomic E-state index is -0.861. The van der Waals surface area contributed by atoms with E-state index >= 15 is 0 Å². The number of rotatable bonds is 5. The molecule has 55 heavy (non-hydrogen) atoms. The molecule has 7 rings (SSSR count). The zero-order chi connectivity index (χ0) is 37.8. The van der Waals surface area contributed by atoms with Crippen LogP contribution in [0.1, 0.15) is 45.4 Å². The Labute approximate surface area is 436 Å². The van der Waals surface area contributed by atoms with Crippen LogP contribution in [-0.2, 0) is 22.9 Å². The van der Waals surface area contributed by atoms with E-state index in [1.54, 1.807) is 7.11 Å². The van der Waals surface area contributed by atoms with E-state index < -0.39 is 5.54 Å². The van der Waals surface area contributed by atoms with E-state index in [2.05, 4.69) is 151 Å². The molecule has 2 unspecified atom stereocenters. The SMILES string of the molecule is Cc1cc(C)cc(C)c1.[Ar].[Ar].[Ar].[CH2-]CC([NH-])(c1[c-]cc(C)cc1)c1ccc(OC)cc1.[CH2-]c1ccc2ccccc2c1-c1c(P)ccc2ccccc12.[Cl][Ru]. The quantitative estimate of drug-likeness (QED) is 0.0962. The molecule has 8 heteroatoms. The van der Waals surface area contributed by atoms with Gasteiger partial charge in [0.1, 0.15) is 5.75 Å². The van der Waals surface area contributed by atoms with E-state index in [1.807, 2.05) is 66.7 Å². The van der Waals surface area contributed by atoms with Crippen LogP contribution in [0.15, 0.2) is 133 Å². The first-order chi connectivity index (χ1) is 25.0. The predicted molar refractivity (Wildman–Crippen MR) is 225 cm³/mol. The number of halogens is 1. The Morgan fingerprint density at radius 2 is 1.16 bits per heavy atom. The Balaban J connectivity index is 0.000000420. The zero-order valence-electron chi connectivity index (χ0n) is 31.6. The van der Waals surface area contributed by atoms with Crippen LogP contribution >= 0.6 is 18.9 Å². The second-order valence-electron chi connectivity index (χ2n) is 12.9. The van der Waals surface area contributed by atoms with E-state index in [-0.39, 0.29) is 113 Å². The molecule has 1 N–H and O–H groups in total. The van der Waals surface area contributed by atoms with Gasteiger partial charge in [0.25, 0.3) is 0 Å². The molecule has 2 nitrogen and oxygen atoms in total. The molecule has 0 radical (unpaired) electrons. The van der Waals surface area contributed by atoms with Gasteiger partial charge in [-0.1, -0.05) is 131 Å². The third-order valence-corrected chi connectivity index (χ3v) is 9.46. The monoisotopic (exact) mass is 928 g/mol. The van der Waals surface area contributed by atoms with Crippen molar-refractivity contribution in [2.75, 3.05) is 7.11 Å². The number of fused-ring (bicyclic) bond motifs is 2. The van der Waals surface area contributed by atoms with Crippen LogP contribution in [0.2, 0.25) is 0 Å². The maximum atomic E-state index is 8.71. The second-order valence-corrected chi connectivity index (χ2v) is 13.5. The van der Waals surface area contributed by atoms with Gasteiger partial charge in [0.05, 0.1) is 7.11 Å². The third kappa shape index (κ3) is 14.2. The van der Waals surface area contributed by atoms with Crippen molar-refractivity contribution < 1.29 is 135 Å². The summed E-state index contributed by atoms with van der Waals surface area (Å²) in [7, 11) is 9.08. The number of benzene rings is 7. The van der Waals surface area contributed by atoms with E-state index in [0.29, 0.717) is 6.42 Å². The van der Waals surface area contributed by atoms with Crippen molar-refractivity contribution in [1.82, 2.24) is 0 Å². The summed E-state index contributed by atoms with van der Waals surface area (Å²) in [5, 5.41) is 6.25. The minimum absolute atomic E-state index is 0. The number of hydrogen-bond acceptors (Lipinski definition) is 1. The molecule has 0 fully saturated rings. The standard InChI is InChI=1S/C21H16P.C17H18NO.C9H12.3Ar.ClH.Ru/c1-14-10-11-15-6-2-4-8-17(15)20(14)21-18-9-5-3-7-16(18)12-13-19(21)22;1-4-17(18,14-7-5-13(2)6-8-14)15-9-11-16(19-3)12-10-15;1-7-4-8(2)6-9(3)5-7;;;;;/h2-13H,1,22H2;5-7,9-12,18H,1,4H2,2-3H3;4-6H,1-3H3;;;;1H;/q-1;-3;;;;;;+1/p-1. The molecule has 0 spiro atoms. The summed E-state index contributed by atoms with van der Waals surface area (Å²) in [5.41, 5.74) is 18.4. The van der Waals surface area contributed by atoms with Crippen LogP contribution in [0.4, 0.5) is 0 Å². The summed E-state index contributed by atoms with van der Waals surface area (Å²) >= 11 is 1.82.